The van der Waals surface area contributed by atoms with Crippen molar-refractivity contribution in [3.8, 4) is 0 Å². The first-order valence-electron chi connectivity index (χ1n) is 7.73. The first-order valence-corrected chi connectivity index (χ1v) is 7.73. The van der Waals surface area contributed by atoms with Gasteiger partial charge in [0.1, 0.15) is 0 Å². The van der Waals surface area contributed by atoms with E-state index in [1.807, 2.05) is 6.07 Å². The lowest BCUT2D eigenvalue weighted by Crippen LogP contribution is -2.32. The van der Waals surface area contributed by atoms with Crippen LogP contribution in [0.4, 0.5) is 0 Å². The summed E-state index contributed by atoms with van der Waals surface area (Å²) in [6.07, 6.45) is 1.95. The number of esters is 2. The van der Waals surface area contributed by atoms with Crippen LogP contribution in [0, 0.1) is 11.8 Å². The van der Waals surface area contributed by atoms with Gasteiger partial charge in [-0.3, -0.25) is 14.4 Å². The molecule has 5 heteroatoms. The van der Waals surface area contributed by atoms with Gasteiger partial charge in [0.25, 0.3) is 0 Å². The first kappa shape index (κ1) is 16.9. The standard InChI is InChI=1S/C18H20O5/c1-3-22-17(20)14-11-10-13(15(14)18(21)23-4-2)16(19)12-8-6-5-7-9-12/h5-10,14-15H,3-4,11H2,1-2H3/t14-,15-/m0/s1. The molecule has 1 aromatic rings. The average molecular weight is 316 g/mol. The smallest absolute Gasteiger partial charge is 0.314 e. The zero-order chi connectivity index (χ0) is 16.8. The fraction of sp³-hybridized carbons (Fsp3) is 0.389. The van der Waals surface area contributed by atoms with E-state index in [9.17, 15) is 14.4 Å². The third kappa shape index (κ3) is 3.67. The molecule has 0 radical (unpaired) electrons. The highest BCUT2D eigenvalue weighted by atomic mass is 16.5. The molecule has 0 bridgehead atoms. The predicted molar refractivity (Wildman–Crippen MR) is 83.7 cm³/mol. The van der Waals surface area contributed by atoms with Gasteiger partial charge in [-0.25, -0.2) is 0 Å². The van der Waals surface area contributed by atoms with Crippen molar-refractivity contribution in [2.24, 2.45) is 11.8 Å². The summed E-state index contributed by atoms with van der Waals surface area (Å²) in [4.78, 5) is 37.0. The minimum absolute atomic E-state index is 0.192. The lowest BCUT2D eigenvalue weighted by Gasteiger charge is -2.19. The molecule has 0 aliphatic heterocycles. The molecule has 0 heterocycles. The molecule has 0 spiro atoms. The number of rotatable bonds is 6. The Morgan fingerprint density at radius 3 is 2.22 bits per heavy atom. The largest absolute Gasteiger partial charge is 0.466 e. The van der Waals surface area contributed by atoms with Crippen molar-refractivity contribution >= 4 is 17.7 Å². The Morgan fingerprint density at radius 1 is 1.00 bits per heavy atom. The maximum Gasteiger partial charge on any atom is 0.314 e. The summed E-state index contributed by atoms with van der Waals surface area (Å²) in [6, 6.07) is 8.69. The minimum Gasteiger partial charge on any atom is -0.466 e. The van der Waals surface area contributed by atoms with E-state index in [-0.39, 0.29) is 19.0 Å². The van der Waals surface area contributed by atoms with Gasteiger partial charge in [-0.15, -0.1) is 0 Å². The summed E-state index contributed by atoms with van der Waals surface area (Å²) in [5, 5.41) is 0. The monoisotopic (exact) mass is 316 g/mol. The van der Waals surface area contributed by atoms with Crippen molar-refractivity contribution in [3.05, 3.63) is 47.5 Å². The van der Waals surface area contributed by atoms with Crippen molar-refractivity contribution in [3.63, 3.8) is 0 Å². The molecule has 0 saturated heterocycles. The van der Waals surface area contributed by atoms with Crippen LogP contribution in [-0.2, 0) is 19.1 Å². The van der Waals surface area contributed by atoms with Gasteiger partial charge >= 0.3 is 11.9 Å². The molecule has 0 unspecified atom stereocenters. The second-order valence-electron chi connectivity index (χ2n) is 5.18. The molecule has 1 aliphatic rings. The summed E-state index contributed by atoms with van der Waals surface area (Å²) >= 11 is 0. The number of hydrogen-bond donors (Lipinski definition) is 0. The lowest BCUT2D eigenvalue weighted by atomic mass is 9.87. The first-order chi connectivity index (χ1) is 11.1. The molecule has 2 rings (SSSR count). The summed E-state index contributed by atoms with van der Waals surface area (Å²) in [6.45, 7) is 3.81. The van der Waals surface area contributed by atoms with Crippen molar-refractivity contribution in [2.45, 2.75) is 20.3 Å². The molecular formula is C18H20O5. The van der Waals surface area contributed by atoms with Crippen LogP contribution in [0.1, 0.15) is 30.6 Å². The Labute approximate surface area is 135 Å². The van der Waals surface area contributed by atoms with Gasteiger partial charge in [0, 0.05) is 11.1 Å². The predicted octanol–water partition coefficient (Wildman–Crippen LogP) is 2.56. The Morgan fingerprint density at radius 2 is 1.61 bits per heavy atom. The van der Waals surface area contributed by atoms with Gasteiger partial charge in [0.15, 0.2) is 5.78 Å². The van der Waals surface area contributed by atoms with Gasteiger partial charge in [0.2, 0.25) is 0 Å². The van der Waals surface area contributed by atoms with Crippen LogP contribution in [0.3, 0.4) is 0 Å². The molecule has 5 nitrogen and oxygen atoms in total. The van der Waals surface area contributed by atoms with Gasteiger partial charge in [-0.05, 0) is 20.3 Å². The number of allylic oxidation sites excluding steroid dienone is 1. The summed E-state index contributed by atoms with van der Waals surface area (Å²) in [7, 11) is 0. The Balaban J connectivity index is 2.29. The number of carbonyl (C=O) groups is 3. The second-order valence-corrected chi connectivity index (χ2v) is 5.18. The van der Waals surface area contributed by atoms with E-state index in [0.29, 0.717) is 17.6 Å². The van der Waals surface area contributed by atoms with Crippen LogP contribution in [0.15, 0.2) is 42.0 Å². The molecule has 0 N–H and O–H groups in total. The molecule has 1 aromatic carbocycles. The molecule has 1 aliphatic carbocycles. The third-order valence-electron chi connectivity index (χ3n) is 3.76. The third-order valence-corrected chi connectivity index (χ3v) is 3.76. The van der Waals surface area contributed by atoms with Gasteiger partial charge in [-0.2, -0.15) is 0 Å². The van der Waals surface area contributed by atoms with E-state index < -0.39 is 23.8 Å². The number of Topliss-reactive ketones (excluding diaryl/α,β-unsaturated/α-hetero) is 1. The Hall–Kier alpha value is -2.43. The fourth-order valence-corrected chi connectivity index (χ4v) is 2.73. The van der Waals surface area contributed by atoms with Crippen LogP contribution in [0.5, 0.6) is 0 Å². The minimum atomic E-state index is -0.901. The molecule has 122 valence electrons. The lowest BCUT2D eigenvalue weighted by molar-refractivity contribution is -0.157. The SMILES string of the molecule is CCOC(=O)[C@H]1C(C(=O)c2ccccc2)=CC[C@@H]1C(=O)OCC. The van der Waals surface area contributed by atoms with Crippen LogP contribution in [0.25, 0.3) is 0 Å². The molecule has 2 atom stereocenters. The van der Waals surface area contributed by atoms with Crippen LogP contribution >= 0.6 is 0 Å². The van der Waals surface area contributed by atoms with E-state index in [4.69, 9.17) is 9.47 Å². The van der Waals surface area contributed by atoms with Crippen molar-refractivity contribution in [1.29, 1.82) is 0 Å². The van der Waals surface area contributed by atoms with Crippen LogP contribution in [-0.4, -0.2) is 30.9 Å². The summed E-state index contributed by atoms with van der Waals surface area (Å²) < 4.78 is 10.1. The maximum absolute atomic E-state index is 12.7. The van der Waals surface area contributed by atoms with E-state index in [1.54, 1.807) is 44.2 Å². The summed E-state index contributed by atoms with van der Waals surface area (Å²) in [5.41, 5.74) is 0.797. The quantitative estimate of drug-likeness (QED) is 0.596. The fourth-order valence-electron chi connectivity index (χ4n) is 2.73. The normalized spacial score (nSPS) is 19.8. The Bertz CT molecular complexity index is 618. The van der Waals surface area contributed by atoms with E-state index in [0.717, 1.165) is 0 Å². The highest BCUT2D eigenvalue weighted by Gasteiger charge is 2.44. The molecule has 23 heavy (non-hydrogen) atoms. The maximum atomic E-state index is 12.7. The molecular weight excluding hydrogens is 296 g/mol. The van der Waals surface area contributed by atoms with Gasteiger partial charge in [0.05, 0.1) is 25.0 Å². The van der Waals surface area contributed by atoms with Crippen molar-refractivity contribution < 1.29 is 23.9 Å². The van der Waals surface area contributed by atoms with Crippen LogP contribution in [0.2, 0.25) is 0 Å². The highest BCUT2D eigenvalue weighted by Crippen LogP contribution is 2.36. The second kappa shape index (κ2) is 7.72. The number of ketones is 1. The number of ether oxygens (including phenoxy) is 2. The molecule has 0 saturated carbocycles. The average Bonchev–Trinajstić information content (AvgIpc) is 3.00. The van der Waals surface area contributed by atoms with Gasteiger partial charge in [-0.1, -0.05) is 36.4 Å². The molecule has 0 fully saturated rings. The number of hydrogen-bond acceptors (Lipinski definition) is 5. The number of carbonyl (C=O) groups excluding carboxylic acids is 3. The zero-order valence-corrected chi connectivity index (χ0v) is 13.3. The molecule has 0 aromatic heterocycles. The zero-order valence-electron chi connectivity index (χ0n) is 13.3. The van der Waals surface area contributed by atoms with E-state index in [1.165, 1.54) is 0 Å². The van der Waals surface area contributed by atoms with E-state index >= 15 is 0 Å². The summed E-state index contributed by atoms with van der Waals surface area (Å²) in [5.74, 6) is -2.88. The van der Waals surface area contributed by atoms with Crippen molar-refractivity contribution in [1.82, 2.24) is 0 Å². The topological polar surface area (TPSA) is 69.7 Å². The molecule has 0 amide bonds. The Kier molecular flexibility index (Phi) is 5.68. The van der Waals surface area contributed by atoms with Gasteiger partial charge < -0.3 is 9.47 Å². The van der Waals surface area contributed by atoms with E-state index in [2.05, 4.69) is 0 Å². The van der Waals surface area contributed by atoms with Crippen molar-refractivity contribution in [2.75, 3.05) is 13.2 Å². The highest BCUT2D eigenvalue weighted by molar-refractivity contribution is 6.12. The van der Waals surface area contributed by atoms with Crippen LogP contribution < -0.4 is 0 Å². The number of benzene rings is 1.